The van der Waals surface area contributed by atoms with E-state index in [-0.39, 0.29) is 6.10 Å². The lowest BCUT2D eigenvalue weighted by molar-refractivity contribution is 0.161. The highest BCUT2D eigenvalue weighted by molar-refractivity contribution is 5.46. The molecule has 0 aliphatic carbocycles. The Kier molecular flexibility index (Phi) is 3.89. The second-order valence-electron chi connectivity index (χ2n) is 4.67. The molecule has 0 amide bonds. The van der Waals surface area contributed by atoms with Gasteiger partial charge in [-0.2, -0.15) is 0 Å². The molecule has 0 saturated carbocycles. The first-order chi connectivity index (χ1) is 8.20. The average molecular weight is 235 g/mol. The molecule has 1 atom stereocenters. The maximum atomic E-state index is 6.03. The van der Waals surface area contributed by atoms with Gasteiger partial charge in [-0.05, 0) is 56.5 Å². The summed E-state index contributed by atoms with van der Waals surface area (Å²) in [6.07, 6.45) is 2.56. The quantitative estimate of drug-likeness (QED) is 0.873. The zero-order valence-corrected chi connectivity index (χ0v) is 10.9. The minimum atomic E-state index is 0.264. The van der Waals surface area contributed by atoms with Gasteiger partial charge in [0.15, 0.2) is 11.5 Å². The molecule has 2 rings (SSSR count). The zero-order valence-electron chi connectivity index (χ0n) is 10.9. The van der Waals surface area contributed by atoms with Crippen molar-refractivity contribution in [1.82, 2.24) is 5.32 Å². The van der Waals surface area contributed by atoms with E-state index in [0.717, 1.165) is 31.0 Å². The molecular formula is C14H21NO2. The normalized spacial score (nSPS) is 20.1. The zero-order chi connectivity index (χ0) is 12.3. The Balaban J connectivity index is 2.15. The molecule has 3 nitrogen and oxygen atoms in total. The fourth-order valence-corrected chi connectivity index (χ4v) is 2.11. The summed E-state index contributed by atoms with van der Waals surface area (Å²) >= 11 is 0. The Bertz CT molecular complexity index is 384. The molecule has 0 spiro atoms. The highest BCUT2D eigenvalue weighted by atomic mass is 16.5. The first-order valence-electron chi connectivity index (χ1n) is 6.23. The van der Waals surface area contributed by atoms with Crippen LogP contribution in [0.15, 0.2) is 12.1 Å². The highest BCUT2D eigenvalue weighted by Crippen LogP contribution is 2.31. The van der Waals surface area contributed by atoms with E-state index < -0.39 is 0 Å². The van der Waals surface area contributed by atoms with Crippen LogP contribution in [0.5, 0.6) is 11.5 Å². The summed E-state index contributed by atoms with van der Waals surface area (Å²) < 4.78 is 11.4. The van der Waals surface area contributed by atoms with Crippen LogP contribution in [-0.4, -0.2) is 26.3 Å². The van der Waals surface area contributed by atoms with Crippen LogP contribution in [0.25, 0.3) is 0 Å². The van der Waals surface area contributed by atoms with Crippen molar-refractivity contribution >= 4 is 0 Å². The molecule has 1 unspecified atom stereocenters. The summed E-state index contributed by atoms with van der Waals surface area (Å²) in [4.78, 5) is 0. The highest BCUT2D eigenvalue weighted by Gasteiger charge is 2.17. The van der Waals surface area contributed by atoms with Gasteiger partial charge < -0.3 is 14.8 Å². The standard InChI is InChI=1S/C14H21NO2/c1-10-7-13(16-3)14(8-11(10)2)17-12-5-4-6-15-9-12/h7-8,12,15H,4-6,9H2,1-3H3. The fourth-order valence-electron chi connectivity index (χ4n) is 2.11. The van der Waals surface area contributed by atoms with E-state index in [2.05, 4.69) is 25.2 Å². The van der Waals surface area contributed by atoms with Crippen LogP contribution in [0.4, 0.5) is 0 Å². The predicted octanol–water partition coefficient (Wildman–Crippen LogP) is 2.44. The molecule has 0 bridgehead atoms. The van der Waals surface area contributed by atoms with E-state index in [4.69, 9.17) is 9.47 Å². The van der Waals surface area contributed by atoms with E-state index >= 15 is 0 Å². The van der Waals surface area contributed by atoms with E-state index in [9.17, 15) is 0 Å². The fraction of sp³-hybridized carbons (Fsp3) is 0.571. The third-order valence-corrected chi connectivity index (χ3v) is 3.33. The van der Waals surface area contributed by atoms with Crippen molar-refractivity contribution in [2.24, 2.45) is 0 Å². The van der Waals surface area contributed by atoms with Crippen LogP contribution < -0.4 is 14.8 Å². The smallest absolute Gasteiger partial charge is 0.161 e. The van der Waals surface area contributed by atoms with Gasteiger partial charge in [-0.1, -0.05) is 0 Å². The number of hydrogen-bond donors (Lipinski definition) is 1. The molecule has 0 aromatic heterocycles. The van der Waals surface area contributed by atoms with Crippen molar-refractivity contribution in [3.63, 3.8) is 0 Å². The maximum Gasteiger partial charge on any atom is 0.161 e. The molecule has 3 heteroatoms. The van der Waals surface area contributed by atoms with Gasteiger partial charge >= 0.3 is 0 Å². The molecule has 94 valence electrons. The Hall–Kier alpha value is -1.22. The Morgan fingerprint density at radius 1 is 1.18 bits per heavy atom. The molecule has 0 radical (unpaired) electrons. The topological polar surface area (TPSA) is 30.5 Å². The minimum absolute atomic E-state index is 0.264. The maximum absolute atomic E-state index is 6.03. The van der Waals surface area contributed by atoms with E-state index in [0.29, 0.717) is 0 Å². The van der Waals surface area contributed by atoms with Gasteiger partial charge in [0, 0.05) is 6.54 Å². The summed E-state index contributed by atoms with van der Waals surface area (Å²) in [6.45, 7) is 6.21. The van der Waals surface area contributed by atoms with Crippen LogP contribution in [0, 0.1) is 13.8 Å². The summed E-state index contributed by atoms with van der Waals surface area (Å²) in [5.74, 6) is 1.70. The molecule has 1 saturated heterocycles. The van der Waals surface area contributed by atoms with Gasteiger partial charge in [-0.25, -0.2) is 0 Å². The molecular weight excluding hydrogens is 214 g/mol. The first kappa shape index (κ1) is 12.2. The third-order valence-electron chi connectivity index (χ3n) is 3.33. The van der Waals surface area contributed by atoms with Gasteiger partial charge in [-0.15, -0.1) is 0 Å². The van der Waals surface area contributed by atoms with Gasteiger partial charge in [0.25, 0.3) is 0 Å². The van der Waals surface area contributed by atoms with Crippen LogP contribution in [0.3, 0.4) is 0 Å². The number of ether oxygens (including phenoxy) is 2. The summed E-state index contributed by atoms with van der Waals surface area (Å²) in [5.41, 5.74) is 2.47. The molecule has 1 aliphatic heterocycles. The Morgan fingerprint density at radius 2 is 1.88 bits per heavy atom. The number of aryl methyl sites for hydroxylation is 2. The van der Waals surface area contributed by atoms with E-state index in [1.807, 2.05) is 6.07 Å². The second-order valence-corrected chi connectivity index (χ2v) is 4.67. The summed E-state index contributed by atoms with van der Waals surface area (Å²) in [6, 6.07) is 4.11. The third kappa shape index (κ3) is 2.91. The SMILES string of the molecule is COc1cc(C)c(C)cc1OC1CCCNC1. The Labute approximate surface area is 103 Å². The van der Waals surface area contributed by atoms with Crippen molar-refractivity contribution in [1.29, 1.82) is 0 Å². The number of benzene rings is 1. The molecule has 1 N–H and O–H groups in total. The number of nitrogens with one attached hydrogen (secondary N) is 1. The lowest BCUT2D eigenvalue weighted by atomic mass is 10.1. The van der Waals surface area contributed by atoms with Gasteiger partial charge in [0.1, 0.15) is 6.10 Å². The lowest BCUT2D eigenvalue weighted by Crippen LogP contribution is -2.37. The average Bonchev–Trinajstić information content (AvgIpc) is 2.35. The molecule has 1 aromatic rings. The van der Waals surface area contributed by atoms with Crippen molar-refractivity contribution in [2.75, 3.05) is 20.2 Å². The molecule has 1 heterocycles. The monoisotopic (exact) mass is 235 g/mol. The van der Waals surface area contributed by atoms with Gasteiger partial charge in [0.2, 0.25) is 0 Å². The molecule has 1 aromatic carbocycles. The van der Waals surface area contributed by atoms with Crippen molar-refractivity contribution < 1.29 is 9.47 Å². The van der Waals surface area contributed by atoms with E-state index in [1.165, 1.54) is 17.5 Å². The molecule has 1 fully saturated rings. The van der Waals surface area contributed by atoms with Crippen molar-refractivity contribution in [3.05, 3.63) is 23.3 Å². The van der Waals surface area contributed by atoms with Crippen LogP contribution in [-0.2, 0) is 0 Å². The van der Waals surface area contributed by atoms with Crippen molar-refractivity contribution in [3.8, 4) is 11.5 Å². The molecule has 1 aliphatic rings. The summed E-state index contributed by atoms with van der Waals surface area (Å²) in [7, 11) is 1.69. The predicted molar refractivity (Wildman–Crippen MR) is 69.0 cm³/mol. The summed E-state index contributed by atoms with van der Waals surface area (Å²) in [5, 5.41) is 3.35. The number of piperidine rings is 1. The largest absolute Gasteiger partial charge is 0.493 e. The van der Waals surface area contributed by atoms with Gasteiger partial charge in [0.05, 0.1) is 7.11 Å². The number of methoxy groups -OCH3 is 1. The van der Waals surface area contributed by atoms with Crippen LogP contribution in [0.2, 0.25) is 0 Å². The first-order valence-corrected chi connectivity index (χ1v) is 6.23. The van der Waals surface area contributed by atoms with Crippen LogP contribution in [0.1, 0.15) is 24.0 Å². The molecule has 17 heavy (non-hydrogen) atoms. The van der Waals surface area contributed by atoms with Gasteiger partial charge in [-0.3, -0.25) is 0 Å². The number of hydrogen-bond acceptors (Lipinski definition) is 3. The number of rotatable bonds is 3. The lowest BCUT2D eigenvalue weighted by Gasteiger charge is -2.25. The Morgan fingerprint density at radius 3 is 2.47 bits per heavy atom. The van der Waals surface area contributed by atoms with Crippen LogP contribution >= 0.6 is 0 Å². The minimum Gasteiger partial charge on any atom is -0.493 e. The van der Waals surface area contributed by atoms with E-state index in [1.54, 1.807) is 7.11 Å². The second kappa shape index (κ2) is 5.41. The van der Waals surface area contributed by atoms with Crippen molar-refractivity contribution in [2.45, 2.75) is 32.8 Å².